The predicted octanol–water partition coefficient (Wildman–Crippen LogP) is 4.23. The highest BCUT2D eigenvalue weighted by molar-refractivity contribution is 4.67. The molecule has 0 aromatic rings. The molecule has 0 radical (unpaired) electrons. The lowest BCUT2D eigenvalue weighted by atomic mass is 9.87. The molecule has 0 rings (SSSR count). The lowest BCUT2D eigenvalue weighted by Crippen LogP contribution is -2.24. The number of rotatable bonds is 9. The number of nitrogens with one attached hydrogen (secondary N) is 1. The average molecular weight is 213 g/mol. The smallest absolute Gasteiger partial charge is 0.00382 e. The number of unbranched alkanes of at least 4 members (excludes halogenated alkanes) is 1. The van der Waals surface area contributed by atoms with Crippen LogP contribution in [0.1, 0.15) is 66.2 Å². The first kappa shape index (κ1) is 15.0. The van der Waals surface area contributed by atoms with Crippen LogP contribution >= 0.6 is 0 Å². The van der Waals surface area contributed by atoms with E-state index in [9.17, 15) is 0 Å². The third kappa shape index (κ3) is 7.84. The Labute approximate surface area is 97.0 Å². The fourth-order valence-electron chi connectivity index (χ4n) is 2.37. The molecule has 92 valence electrons. The molecule has 0 heterocycles. The van der Waals surface area contributed by atoms with Crippen molar-refractivity contribution < 1.29 is 0 Å². The Hall–Kier alpha value is -0.0400. The normalized spacial score (nSPS) is 17.4. The van der Waals surface area contributed by atoms with Crippen molar-refractivity contribution in [1.82, 2.24) is 5.32 Å². The summed E-state index contributed by atoms with van der Waals surface area (Å²) in [6.07, 6.45) is 8.29. The second kappa shape index (κ2) is 9.21. The summed E-state index contributed by atoms with van der Waals surface area (Å²) in [5.74, 6) is 1.83. The Morgan fingerprint density at radius 1 is 1.07 bits per heavy atom. The van der Waals surface area contributed by atoms with Crippen molar-refractivity contribution in [3.63, 3.8) is 0 Å². The quantitative estimate of drug-likeness (QED) is 0.604. The SMILES string of the molecule is CCCCC(CC)CC(C)CC(C)NC. The van der Waals surface area contributed by atoms with E-state index in [4.69, 9.17) is 0 Å². The van der Waals surface area contributed by atoms with Crippen LogP contribution in [0, 0.1) is 11.8 Å². The van der Waals surface area contributed by atoms with Gasteiger partial charge >= 0.3 is 0 Å². The third-order valence-electron chi connectivity index (χ3n) is 3.53. The summed E-state index contributed by atoms with van der Waals surface area (Å²) in [4.78, 5) is 0. The van der Waals surface area contributed by atoms with Gasteiger partial charge in [-0.15, -0.1) is 0 Å². The molecule has 0 aliphatic heterocycles. The molecule has 0 fully saturated rings. The molecule has 0 aromatic carbocycles. The average Bonchev–Trinajstić information content (AvgIpc) is 2.23. The van der Waals surface area contributed by atoms with Crippen LogP contribution in [-0.2, 0) is 0 Å². The van der Waals surface area contributed by atoms with Gasteiger partial charge in [-0.25, -0.2) is 0 Å². The molecule has 0 saturated carbocycles. The van der Waals surface area contributed by atoms with Crippen molar-refractivity contribution in [1.29, 1.82) is 0 Å². The summed E-state index contributed by atoms with van der Waals surface area (Å²) in [6, 6.07) is 0.670. The van der Waals surface area contributed by atoms with Gasteiger partial charge in [0, 0.05) is 6.04 Å². The molecule has 0 spiro atoms. The summed E-state index contributed by atoms with van der Waals surface area (Å²) >= 11 is 0. The molecule has 3 unspecified atom stereocenters. The zero-order valence-electron chi connectivity index (χ0n) is 11.5. The molecular weight excluding hydrogens is 182 g/mol. The first-order chi connectivity index (χ1) is 7.13. The van der Waals surface area contributed by atoms with E-state index in [-0.39, 0.29) is 0 Å². The van der Waals surface area contributed by atoms with E-state index < -0.39 is 0 Å². The van der Waals surface area contributed by atoms with Gasteiger partial charge in [-0.05, 0) is 38.6 Å². The minimum atomic E-state index is 0.670. The Morgan fingerprint density at radius 2 is 1.73 bits per heavy atom. The highest BCUT2D eigenvalue weighted by atomic mass is 14.8. The van der Waals surface area contributed by atoms with Gasteiger partial charge in [0.25, 0.3) is 0 Å². The summed E-state index contributed by atoms with van der Waals surface area (Å²) in [7, 11) is 2.06. The summed E-state index contributed by atoms with van der Waals surface area (Å²) in [5, 5.41) is 3.33. The molecule has 0 aromatic heterocycles. The monoisotopic (exact) mass is 213 g/mol. The molecular formula is C14H31N. The van der Waals surface area contributed by atoms with Crippen molar-refractivity contribution in [2.45, 2.75) is 72.3 Å². The zero-order valence-corrected chi connectivity index (χ0v) is 11.5. The first-order valence-electron chi connectivity index (χ1n) is 6.81. The molecule has 1 heteroatoms. The summed E-state index contributed by atoms with van der Waals surface area (Å²) in [5.41, 5.74) is 0. The van der Waals surface area contributed by atoms with Crippen LogP contribution < -0.4 is 5.32 Å². The van der Waals surface area contributed by atoms with E-state index in [1.165, 1.54) is 38.5 Å². The van der Waals surface area contributed by atoms with Gasteiger partial charge in [0.2, 0.25) is 0 Å². The van der Waals surface area contributed by atoms with E-state index >= 15 is 0 Å². The highest BCUT2D eigenvalue weighted by Crippen LogP contribution is 2.23. The van der Waals surface area contributed by atoms with Crippen LogP contribution in [0.15, 0.2) is 0 Å². The Kier molecular flexibility index (Phi) is 9.18. The van der Waals surface area contributed by atoms with Crippen molar-refractivity contribution in [3.05, 3.63) is 0 Å². The van der Waals surface area contributed by atoms with Crippen LogP contribution in [0.4, 0.5) is 0 Å². The van der Waals surface area contributed by atoms with E-state index in [0.29, 0.717) is 6.04 Å². The second-order valence-corrected chi connectivity index (χ2v) is 5.18. The van der Waals surface area contributed by atoms with Gasteiger partial charge in [-0.3, -0.25) is 0 Å². The van der Waals surface area contributed by atoms with Crippen molar-refractivity contribution in [2.24, 2.45) is 11.8 Å². The van der Waals surface area contributed by atoms with Crippen LogP contribution in [0.3, 0.4) is 0 Å². The third-order valence-corrected chi connectivity index (χ3v) is 3.53. The maximum atomic E-state index is 3.33. The Bertz CT molecular complexity index is 133. The van der Waals surface area contributed by atoms with E-state index in [0.717, 1.165) is 11.8 Å². The largest absolute Gasteiger partial charge is 0.317 e. The van der Waals surface area contributed by atoms with Gasteiger partial charge in [0.1, 0.15) is 0 Å². The summed E-state index contributed by atoms with van der Waals surface area (Å²) in [6.45, 7) is 9.32. The molecule has 0 saturated heterocycles. The van der Waals surface area contributed by atoms with Gasteiger partial charge in [-0.1, -0.05) is 46.5 Å². The van der Waals surface area contributed by atoms with Crippen LogP contribution in [0.25, 0.3) is 0 Å². The van der Waals surface area contributed by atoms with Gasteiger partial charge in [0.05, 0.1) is 0 Å². The second-order valence-electron chi connectivity index (χ2n) is 5.18. The predicted molar refractivity (Wildman–Crippen MR) is 70.2 cm³/mol. The topological polar surface area (TPSA) is 12.0 Å². The molecule has 0 aliphatic carbocycles. The van der Waals surface area contributed by atoms with Crippen LogP contribution in [0.2, 0.25) is 0 Å². The van der Waals surface area contributed by atoms with E-state index in [2.05, 4.69) is 40.1 Å². The van der Waals surface area contributed by atoms with Crippen molar-refractivity contribution in [3.8, 4) is 0 Å². The van der Waals surface area contributed by atoms with Crippen LogP contribution in [0.5, 0.6) is 0 Å². The van der Waals surface area contributed by atoms with Gasteiger partial charge < -0.3 is 5.32 Å². The molecule has 1 nitrogen and oxygen atoms in total. The van der Waals surface area contributed by atoms with Gasteiger partial charge in [-0.2, -0.15) is 0 Å². The highest BCUT2D eigenvalue weighted by Gasteiger charge is 2.13. The fourth-order valence-corrected chi connectivity index (χ4v) is 2.37. The standard InChI is InChI=1S/C14H31N/c1-6-8-9-14(7-2)11-12(3)10-13(4)15-5/h12-15H,6-11H2,1-5H3. The van der Waals surface area contributed by atoms with Crippen molar-refractivity contribution in [2.75, 3.05) is 7.05 Å². The first-order valence-corrected chi connectivity index (χ1v) is 6.81. The summed E-state index contributed by atoms with van der Waals surface area (Å²) < 4.78 is 0. The van der Waals surface area contributed by atoms with Gasteiger partial charge in [0.15, 0.2) is 0 Å². The Morgan fingerprint density at radius 3 is 2.20 bits per heavy atom. The molecule has 3 atom stereocenters. The molecule has 1 N–H and O–H groups in total. The maximum Gasteiger partial charge on any atom is 0.00382 e. The molecule has 0 amide bonds. The van der Waals surface area contributed by atoms with E-state index in [1.807, 2.05) is 0 Å². The molecule has 0 aliphatic rings. The zero-order chi connectivity index (χ0) is 11.7. The number of hydrogen-bond acceptors (Lipinski definition) is 1. The minimum Gasteiger partial charge on any atom is -0.317 e. The van der Waals surface area contributed by atoms with Crippen molar-refractivity contribution >= 4 is 0 Å². The fraction of sp³-hybridized carbons (Fsp3) is 1.00. The number of hydrogen-bond donors (Lipinski definition) is 1. The van der Waals surface area contributed by atoms with Crippen LogP contribution in [-0.4, -0.2) is 13.1 Å². The molecule has 0 bridgehead atoms. The lowest BCUT2D eigenvalue weighted by molar-refractivity contribution is 0.320. The molecule has 15 heavy (non-hydrogen) atoms. The lowest BCUT2D eigenvalue weighted by Gasteiger charge is -2.22. The Balaban J connectivity index is 3.74. The van der Waals surface area contributed by atoms with E-state index in [1.54, 1.807) is 0 Å². The maximum absolute atomic E-state index is 3.33. The minimum absolute atomic E-state index is 0.670.